The van der Waals surface area contributed by atoms with Crippen LogP contribution in [0.2, 0.25) is 0 Å². The molecular weight excluding hydrogens is 384 g/mol. The number of piperidine rings is 2. The molecule has 0 spiro atoms. The third-order valence-corrected chi connectivity index (χ3v) is 6.17. The summed E-state index contributed by atoms with van der Waals surface area (Å²) in [5.41, 5.74) is 7.70. The molecule has 0 bridgehead atoms. The second-order valence-corrected chi connectivity index (χ2v) is 8.04. The molecule has 0 atom stereocenters. The predicted molar refractivity (Wildman–Crippen MR) is 116 cm³/mol. The fourth-order valence-corrected chi connectivity index (χ4v) is 4.31. The normalized spacial score (nSPS) is 19.5. The van der Waals surface area contributed by atoms with Crippen molar-refractivity contribution in [3.63, 3.8) is 0 Å². The van der Waals surface area contributed by atoms with Crippen LogP contribution in [-0.4, -0.2) is 69.7 Å². The summed E-state index contributed by atoms with van der Waals surface area (Å²) in [4.78, 5) is 31.5. The first-order valence-corrected chi connectivity index (χ1v) is 10.6. The van der Waals surface area contributed by atoms with Crippen molar-refractivity contribution in [1.29, 1.82) is 0 Å². The van der Waals surface area contributed by atoms with Crippen LogP contribution >= 0.6 is 0 Å². The highest BCUT2D eigenvalue weighted by molar-refractivity contribution is 6.02. The largest absolute Gasteiger partial charge is 0.469 e. The Labute approximate surface area is 178 Å². The number of esters is 1. The van der Waals surface area contributed by atoms with E-state index in [9.17, 15) is 9.59 Å². The number of methoxy groups -OCH3 is 2. The quantitative estimate of drug-likeness (QED) is 0.447. The van der Waals surface area contributed by atoms with Gasteiger partial charge in [0.05, 0.1) is 20.1 Å². The number of carbonyl (C=O) groups is 2. The smallest absolute Gasteiger partial charge is 0.435 e. The number of rotatable bonds is 5. The molecule has 1 aromatic carbocycles. The topological polar surface area (TPSA) is 97.5 Å². The molecule has 1 aromatic rings. The first kappa shape index (κ1) is 22.1. The van der Waals surface area contributed by atoms with E-state index in [1.165, 1.54) is 14.2 Å². The van der Waals surface area contributed by atoms with Crippen molar-refractivity contribution < 1.29 is 19.1 Å². The van der Waals surface area contributed by atoms with E-state index < -0.39 is 6.09 Å². The summed E-state index contributed by atoms with van der Waals surface area (Å²) in [7, 11) is 2.75. The molecule has 3 rings (SSSR count). The summed E-state index contributed by atoms with van der Waals surface area (Å²) in [6.45, 7) is 5.12. The number of hydrogen-bond donors (Lipinski definition) is 1. The Morgan fingerprint density at radius 3 is 2.20 bits per heavy atom. The molecule has 2 saturated heterocycles. The van der Waals surface area contributed by atoms with Crippen molar-refractivity contribution in [2.75, 3.05) is 51.8 Å². The van der Waals surface area contributed by atoms with E-state index in [4.69, 9.17) is 10.5 Å². The van der Waals surface area contributed by atoms with Crippen LogP contribution in [0, 0.1) is 11.8 Å². The van der Waals surface area contributed by atoms with Gasteiger partial charge in [-0.2, -0.15) is 4.99 Å². The van der Waals surface area contributed by atoms with Gasteiger partial charge in [0, 0.05) is 30.9 Å². The zero-order valence-corrected chi connectivity index (χ0v) is 17.9. The van der Waals surface area contributed by atoms with E-state index in [1.54, 1.807) is 0 Å². The van der Waals surface area contributed by atoms with Crippen LogP contribution in [-0.2, 0) is 14.3 Å². The van der Waals surface area contributed by atoms with Crippen LogP contribution in [0.4, 0.5) is 10.5 Å². The lowest BCUT2D eigenvalue weighted by Crippen LogP contribution is -2.42. The van der Waals surface area contributed by atoms with Crippen LogP contribution in [0.1, 0.15) is 31.2 Å². The van der Waals surface area contributed by atoms with Crippen molar-refractivity contribution in [3.05, 3.63) is 29.8 Å². The van der Waals surface area contributed by atoms with Gasteiger partial charge in [0.2, 0.25) is 0 Å². The number of amidine groups is 1. The highest BCUT2D eigenvalue weighted by Crippen LogP contribution is 2.26. The average molecular weight is 417 g/mol. The minimum atomic E-state index is -0.701. The number of nitrogens with zero attached hydrogens (tertiary/aromatic N) is 3. The Balaban J connectivity index is 1.45. The van der Waals surface area contributed by atoms with Crippen LogP contribution in [0.15, 0.2) is 29.3 Å². The Morgan fingerprint density at radius 2 is 1.63 bits per heavy atom. The van der Waals surface area contributed by atoms with Crippen LogP contribution < -0.4 is 10.6 Å². The monoisotopic (exact) mass is 416 g/mol. The summed E-state index contributed by atoms with van der Waals surface area (Å²) in [5.74, 6) is 0.858. The molecule has 30 heavy (non-hydrogen) atoms. The fraction of sp³-hybridized carbons (Fsp3) is 0.591. The molecule has 164 valence electrons. The van der Waals surface area contributed by atoms with E-state index in [0.717, 1.165) is 64.1 Å². The van der Waals surface area contributed by atoms with Crippen LogP contribution in [0.25, 0.3) is 0 Å². The number of amides is 1. The van der Waals surface area contributed by atoms with Gasteiger partial charge in [0.1, 0.15) is 5.84 Å². The lowest BCUT2D eigenvalue weighted by molar-refractivity contribution is -0.147. The molecule has 0 radical (unpaired) electrons. The lowest BCUT2D eigenvalue weighted by atomic mass is 9.92. The maximum atomic E-state index is 11.7. The molecule has 0 aliphatic carbocycles. The molecule has 1 amide bonds. The van der Waals surface area contributed by atoms with E-state index in [2.05, 4.69) is 19.5 Å². The summed E-state index contributed by atoms with van der Waals surface area (Å²) >= 11 is 0. The Bertz CT molecular complexity index is 749. The highest BCUT2D eigenvalue weighted by atomic mass is 16.5. The molecule has 2 N–H and O–H groups in total. The summed E-state index contributed by atoms with van der Waals surface area (Å²) in [6.07, 6.45) is 3.42. The molecule has 2 aliphatic rings. The molecule has 8 nitrogen and oxygen atoms in total. The van der Waals surface area contributed by atoms with Gasteiger partial charge in [-0.1, -0.05) is 0 Å². The second-order valence-electron chi connectivity index (χ2n) is 8.04. The number of ether oxygens (including phenoxy) is 2. The van der Waals surface area contributed by atoms with Crippen LogP contribution in [0.3, 0.4) is 0 Å². The first-order chi connectivity index (χ1) is 14.5. The van der Waals surface area contributed by atoms with Gasteiger partial charge < -0.3 is 25.0 Å². The lowest BCUT2D eigenvalue weighted by Gasteiger charge is -2.38. The molecule has 0 unspecified atom stereocenters. The zero-order valence-electron chi connectivity index (χ0n) is 17.9. The van der Waals surface area contributed by atoms with Crippen molar-refractivity contribution in [2.24, 2.45) is 22.6 Å². The van der Waals surface area contributed by atoms with Crippen molar-refractivity contribution >= 4 is 23.6 Å². The fourth-order valence-electron chi connectivity index (χ4n) is 4.31. The van der Waals surface area contributed by atoms with Gasteiger partial charge in [-0.25, -0.2) is 4.79 Å². The molecule has 0 saturated carbocycles. The Kier molecular flexibility index (Phi) is 7.68. The molecule has 2 fully saturated rings. The van der Waals surface area contributed by atoms with Crippen LogP contribution in [0.5, 0.6) is 0 Å². The standard InChI is InChI=1S/C22H32N4O4/c1-29-21(27)18-9-11-25(12-10-18)15-16-7-13-26(14-8-16)19-5-3-17(4-6-19)20(23)24-22(28)30-2/h3-6,16,18H,7-15H2,1-2H3,(H2,23,24,28). The zero-order chi connectivity index (χ0) is 21.5. The van der Waals surface area contributed by atoms with Gasteiger partial charge in [-0.3, -0.25) is 4.79 Å². The molecule has 2 aliphatic heterocycles. The average Bonchev–Trinajstić information content (AvgIpc) is 2.79. The third kappa shape index (κ3) is 5.72. The van der Waals surface area contributed by atoms with E-state index in [0.29, 0.717) is 11.5 Å². The van der Waals surface area contributed by atoms with Gasteiger partial charge >= 0.3 is 12.1 Å². The van der Waals surface area contributed by atoms with Crippen molar-refractivity contribution in [3.8, 4) is 0 Å². The maximum Gasteiger partial charge on any atom is 0.435 e. The number of likely N-dealkylation sites (tertiary alicyclic amines) is 1. The predicted octanol–water partition coefficient (Wildman–Crippen LogP) is 2.26. The molecule has 0 aromatic heterocycles. The molecular formula is C22H32N4O4. The summed E-state index contributed by atoms with van der Waals surface area (Å²) in [5, 5.41) is 0. The van der Waals surface area contributed by atoms with Gasteiger partial charge in [-0.05, 0) is 69.0 Å². The highest BCUT2D eigenvalue weighted by Gasteiger charge is 2.28. The van der Waals surface area contributed by atoms with Crippen molar-refractivity contribution in [2.45, 2.75) is 25.7 Å². The third-order valence-electron chi connectivity index (χ3n) is 6.17. The van der Waals surface area contributed by atoms with Crippen molar-refractivity contribution in [1.82, 2.24) is 4.90 Å². The first-order valence-electron chi connectivity index (χ1n) is 10.6. The number of carbonyl (C=O) groups excluding carboxylic acids is 2. The van der Waals surface area contributed by atoms with Gasteiger partial charge in [0.15, 0.2) is 0 Å². The van der Waals surface area contributed by atoms with E-state index in [1.807, 2.05) is 24.3 Å². The number of aliphatic imine (C=N–C) groups is 1. The van der Waals surface area contributed by atoms with Gasteiger partial charge in [-0.15, -0.1) is 0 Å². The Morgan fingerprint density at radius 1 is 1.00 bits per heavy atom. The summed E-state index contributed by atoms with van der Waals surface area (Å²) in [6, 6.07) is 7.81. The van der Waals surface area contributed by atoms with E-state index in [-0.39, 0.29) is 17.7 Å². The number of anilines is 1. The van der Waals surface area contributed by atoms with E-state index >= 15 is 0 Å². The maximum absolute atomic E-state index is 11.7. The minimum Gasteiger partial charge on any atom is -0.469 e. The number of nitrogens with two attached hydrogens (primary N) is 1. The minimum absolute atomic E-state index is 0.0627. The number of hydrogen-bond acceptors (Lipinski definition) is 6. The molecule has 2 heterocycles. The Hall–Kier alpha value is -2.61. The number of benzene rings is 1. The SMILES string of the molecule is COC(=O)/N=C(/N)c1ccc(N2CCC(CN3CCC(C(=O)OC)CC3)CC2)cc1. The van der Waals surface area contributed by atoms with Gasteiger partial charge in [0.25, 0.3) is 0 Å². The molecule has 8 heteroatoms. The summed E-state index contributed by atoms with van der Waals surface area (Å²) < 4.78 is 9.38. The second kappa shape index (κ2) is 10.4.